The Labute approximate surface area is 133 Å². The van der Waals surface area contributed by atoms with Crippen LogP contribution in [-0.4, -0.2) is 25.2 Å². The Balaban J connectivity index is 2.17. The van der Waals surface area contributed by atoms with Crippen LogP contribution in [0.3, 0.4) is 0 Å². The van der Waals surface area contributed by atoms with Crippen LogP contribution in [0.1, 0.15) is 32.6 Å². The van der Waals surface area contributed by atoms with Gasteiger partial charge in [-0.2, -0.15) is 0 Å². The first-order valence-corrected chi connectivity index (χ1v) is 9.45. The summed E-state index contributed by atoms with van der Waals surface area (Å²) >= 11 is 3.42. The van der Waals surface area contributed by atoms with E-state index in [9.17, 15) is 13.2 Å². The van der Waals surface area contributed by atoms with E-state index in [2.05, 4.69) is 26.0 Å². The molecule has 0 aromatic heterocycles. The van der Waals surface area contributed by atoms with Crippen molar-refractivity contribution in [3.63, 3.8) is 0 Å². The van der Waals surface area contributed by atoms with E-state index in [1.54, 1.807) is 12.1 Å². The van der Waals surface area contributed by atoms with Gasteiger partial charge in [0.25, 0.3) is 0 Å². The van der Waals surface area contributed by atoms with Gasteiger partial charge in [-0.25, -0.2) is 13.1 Å². The average Bonchev–Trinajstić information content (AvgIpc) is 2.87. The lowest BCUT2D eigenvalue weighted by Gasteiger charge is -2.27. The van der Waals surface area contributed by atoms with Gasteiger partial charge in [0.1, 0.15) is 0 Å². The molecule has 116 valence electrons. The van der Waals surface area contributed by atoms with Crippen LogP contribution in [0.2, 0.25) is 0 Å². The molecule has 0 saturated heterocycles. The number of hydrogen-bond acceptors (Lipinski definition) is 3. The fraction of sp³-hybridized carbons (Fsp3) is 0.500. The fourth-order valence-corrected chi connectivity index (χ4v) is 4.92. The second-order valence-electron chi connectivity index (χ2n) is 5.43. The van der Waals surface area contributed by atoms with E-state index in [1.165, 1.54) is 19.1 Å². The van der Waals surface area contributed by atoms with Gasteiger partial charge < -0.3 is 5.32 Å². The molecule has 7 heteroatoms. The molecule has 1 saturated carbocycles. The highest BCUT2D eigenvalue weighted by Crippen LogP contribution is 2.32. The minimum Gasteiger partial charge on any atom is -0.326 e. The molecule has 1 aromatic carbocycles. The average molecular weight is 375 g/mol. The molecule has 5 nitrogen and oxygen atoms in total. The van der Waals surface area contributed by atoms with Crippen molar-refractivity contribution in [3.05, 3.63) is 24.3 Å². The van der Waals surface area contributed by atoms with Gasteiger partial charge in [-0.3, -0.25) is 4.79 Å². The number of nitrogens with one attached hydrogen (secondary N) is 2. The Morgan fingerprint density at radius 3 is 2.29 bits per heavy atom. The van der Waals surface area contributed by atoms with Gasteiger partial charge in [-0.05, 0) is 37.1 Å². The van der Waals surface area contributed by atoms with E-state index >= 15 is 0 Å². The van der Waals surface area contributed by atoms with Crippen molar-refractivity contribution >= 4 is 37.5 Å². The van der Waals surface area contributed by atoms with E-state index in [0.717, 1.165) is 25.7 Å². The summed E-state index contributed by atoms with van der Waals surface area (Å²) in [4.78, 5) is 11.2. The van der Waals surface area contributed by atoms with Crippen LogP contribution in [0.15, 0.2) is 29.2 Å². The zero-order valence-corrected chi connectivity index (χ0v) is 14.3. The number of sulfonamides is 1. The highest BCUT2D eigenvalue weighted by atomic mass is 79.9. The maximum absolute atomic E-state index is 12.5. The summed E-state index contributed by atoms with van der Waals surface area (Å²) in [6.45, 7) is 1.41. The van der Waals surface area contributed by atoms with Crippen molar-refractivity contribution < 1.29 is 13.2 Å². The van der Waals surface area contributed by atoms with Crippen molar-refractivity contribution in [2.45, 2.75) is 43.0 Å². The quantitative estimate of drug-likeness (QED) is 0.777. The highest BCUT2D eigenvalue weighted by Gasteiger charge is 2.37. The monoisotopic (exact) mass is 374 g/mol. The number of amides is 1. The lowest BCUT2D eigenvalue weighted by Crippen LogP contribution is -2.47. The van der Waals surface area contributed by atoms with Crippen LogP contribution >= 0.6 is 15.9 Å². The lowest BCUT2D eigenvalue weighted by molar-refractivity contribution is -0.114. The molecule has 1 aliphatic rings. The third-order valence-corrected chi connectivity index (χ3v) is 6.32. The molecule has 0 spiro atoms. The first-order chi connectivity index (χ1) is 9.87. The van der Waals surface area contributed by atoms with Crippen LogP contribution in [0.25, 0.3) is 0 Å². The van der Waals surface area contributed by atoms with Gasteiger partial charge >= 0.3 is 0 Å². The molecule has 1 amide bonds. The molecule has 2 N–H and O–H groups in total. The minimum absolute atomic E-state index is 0.187. The first kappa shape index (κ1) is 16.5. The molecular weight excluding hydrogens is 356 g/mol. The molecule has 0 atom stereocenters. The molecule has 0 radical (unpaired) electrons. The number of carbonyl (C=O) groups excluding carboxylic acids is 1. The predicted molar refractivity (Wildman–Crippen MR) is 86.1 cm³/mol. The summed E-state index contributed by atoms with van der Waals surface area (Å²) < 4.78 is 27.8. The van der Waals surface area contributed by atoms with Gasteiger partial charge in [-0.15, -0.1) is 0 Å². The van der Waals surface area contributed by atoms with Crippen molar-refractivity contribution in [3.8, 4) is 0 Å². The highest BCUT2D eigenvalue weighted by molar-refractivity contribution is 9.09. The molecule has 0 unspecified atom stereocenters. The number of hydrogen-bond donors (Lipinski definition) is 2. The van der Waals surface area contributed by atoms with Crippen LogP contribution in [0.4, 0.5) is 5.69 Å². The summed E-state index contributed by atoms with van der Waals surface area (Å²) in [5, 5.41) is 3.23. The summed E-state index contributed by atoms with van der Waals surface area (Å²) in [6.07, 6.45) is 3.77. The summed E-state index contributed by atoms with van der Waals surface area (Å²) in [5.74, 6) is -0.187. The second kappa shape index (κ2) is 6.46. The molecule has 0 bridgehead atoms. The largest absolute Gasteiger partial charge is 0.326 e. The first-order valence-electron chi connectivity index (χ1n) is 6.84. The summed E-state index contributed by atoms with van der Waals surface area (Å²) in [6, 6.07) is 6.19. The Morgan fingerprint density at radius 1 is 1.24 bits per heavy atom. The number of benzene rings is 1. The molecule has 21 heavy (non-hydrogen) atoms. The molecule has 0 heterocycles. The van der Waals surface area contributed by atoms with E-state index < -0.39 is 10.0 Å². The predicted octanol–water partition coefficient (Wildman–Crippen LogP) is 2.63. The number of rotatable bonds is 5. The smallest absolute Gasteiger partial charge is 0.241 e. The molecule has 1 aromatic rings. The number of halogens is 1. The Morgan fingerprint density at radius 2 is 1.81 bits per heavy atom. The van der Waals surface area contributed by atoms with E-state index in [1.807, 2.05) is 0 Å². The Bertz CT molecular complexity index is 608. The summed E-state index contributed by atoms with van der Waals surface area (Å²) in [7, 11) is -3.55. The standard InChI is InChI=1S/C14H19BrN2O3S/c1-11(18)16-12-4-6-13(7-5-12)21(19,20)17-14(10-15)8-2-3-9-14/h4-7,17H,2-3,8-10H2,1H3,(H,16,18). The van der Waals surface area contributed by atoms with Gasteiger partial charge in [0.2, 0.25) is 15.9 Å². The maximum Gasteiger partial charge on any atom is 0.241 e. The Hall–Kier alpha value is -0.920. The van der Waals surface area contributed by atoms with Crippen LogP contribution < -0.4 is 10.0 Å². The van der Waals surface area contributed by atoms with Gasteiger partial charge in [0.15, 0.2) is 0 Å². The van der Waals surface area contributed by atoms with Crippen molar-refractivity contribution in [1.82, 2.24) is 4.72 Å². The minimum atomic E-state index is -3.55. The van der Waals surface area contributed by atoms with Crippen molar-refractivity contribution in [2.24, 2.45) is 0 Å². The van der Waals surface area contributed by atoms with Crippen LogP contribution in [0, 0.1) is 0 Å². The lowest BCUT2D eigenvalue weighted by atomic mass is 10.0. The van der Waals surface area contributed by atoms with Crippen molar-refractivity contribution in [2.75, 3.05) is 10.6 Å². The van der Waals surface area contributed by atoms with Gasteiger partial charge in [-0.1, -0.05) is 28.8 Å². The third kappa shape index (κ3) is 4.05. The van der Waals surface area contributed by atoms with Crippen LogP contribution in [-0.2, 0) is 14.8 Å². The maximum atomic E-state index is 12.5. The number of carbonyl (C=O) groups is 1. The third-order valence-electron chi connectivity index (χ3n) is 3.65. The fourth-order valence-electron chi connectivity index (χ4n) is 2.58. The number of alkyl halides is 1. The van der Waals surface area contributed by atoms with Gasteiger partial charge in [0, 0.05) is 23.5 Å². The van der Waals surface area contributed by atoms with E-state index in [-0.39, 0.29) is 16.3 Å². The number of anilines is 1. The zero-order valence-electron chi connectivity index (χ0n) is 11.9. The zero-order chi connectivity index (χ0) is 15.5. The normalized spacial score (nSPS) is 17.6. The molecule has 1 fully saturated rings. The SMILES string of the molecule is CC(=O)Nc1ccc(S(=O)(=O)NC2(CBr)CCCC2)cc1. The Kier molecular flexibility index (Phi) is 5.06. The summed E-state index contributed by atoms with van der Waals surface area (Å²) in [5.41, 5.74) is 0.201. The van der Waals surface area contributed by atoms with E-state index in [0.29, 0.717) is 11.0 Å². The topological polar surface area (TPSA) is 75.3 Å². The second-order valence-corrected chi connectivity index (χ2v) is 7.68. The van der Waals surface area contributed by atoms with Gasteiger partial charge in [0.05, 0.1) is 4.90 Å². The molecule has 1 aliphatic carbocycles. The molecular formula is C14H19BrN2O3S. The van der Waals surface area contributed by atoms with Crippen molar-refractivity contribution in [1.29, 1.82) is 0 Å². The van der Waals surface area contributed by atoms with E-state index in [4.69, 9.17) is 0 Å². The molecule has 2 rings (SSSR count). The molecule has 0 aliphatic heterocycles. The van der Waals surface area contributed by atoms with Crippen LogP contribution in [0.5, 0.6) is 0 Å².